The van der Waals surface area contributed by atoms with Crippen molar-refractivity contribution in [1.29, 1.82) is 0 Å². The van der Waals surface area contributed by atoms with E-state index in [9.17, 15) is 9.59 Å². The van der Waals surface area contributed by atoms with E-state index in [-0.39, 0.29) is 5.56 Å². The van der Waals surface area contributed by atoms with Crippen molar-refractivity contribution in [1.82, 2.24) is 19.7 Å². The number of aromatic nitrogens is 4. The number of unbranched alkanes of at least 4 members (excludes halogenated alkanes) is 2. The molecule has 2 aromatic carbocycles. The fraction of sp³-hybridized carbons (Fsp3) is 0.238. The smallest absolute Gasteiger partial charge is 0.328 e. The molecule has 0 bridgehead atoms. The molecule has 0 fully saturated rings. The van der Waals surface area contributed by atoms with Crippen molar-refractivity contribution in [2.45, 2.75) is 32.7 Å². The Bertz CT molecular complexity index is 1220. The van der Waals surface area contributed by atoms with Crippen LogP contribution in [0.5, 0.6) is 0 Å². The van der Waals surface area contributed by atoms with Crippen LogP contribution in [0, 0.1) is 0 Å². The maximum atomic E-state index is 12.7. The highest BCUT2D eigenvalue weighted by atomic mass is 16.5. The monoisotopic (exact) mass is 376 g/mol. The molecule has 28 heavy (non-hydrogen) atoms. The van der Waals surface area contributed by atoms with Crippen molar-refractivity contribution >= 4 is 10.9 Å². The second-order valence-corrected chi connectivity index (χ2v) is 6.64. The van der Waals surface area contributed by atoms with E-state index >= 15 is 0 Å². The quantitative estimate of drug-likeness (QED) is 0.519. The summed E-state index contributed by atoms with van der Waals surface area (Å²) in [6.07, 6.45) is 2.80. The molecule has 0 saturated carbocycles. The lowest BCUT2D eigenvalue weighted by atomic mass is 10.1. The Labute approximate surface area is 160 Å². The lowest BCUT2D eigenvalue weighted by molar-refractivity contribution is 0.432. The highest BCUT2D eigenvalue weighted by Crippen LogP contribution is 2.23. The zero-order valence-corrected chi connectivity index (χ0v) is 15.5. The van der Waals surface area contributed by atoms with Gasteiger partial charge in [-0.15, -0.1) is 0 Å². The summed E-state index contributed by atoms with van der Waals surface area (Å²) in [5, 5.41) is 4.47. The molecule has 0 unspecified atom stereocenters. The predicted octanol–water partition coefficient (Wildman–Crippen LogP) is 3.60. The molecule has 0 aliphatic carbocycles. The van der Waals surface area contributed by atoms with Gasteiger partial charge < -0.3 is 9.51 Å². The number of rotatable bonds is 6. The topological polar surface area (TPSA) is 93.8 Å². The van der Waals surface area contributed by atoms with Gasteiger partial charge in [0.15, 0.2) is 0 Å². The van der Waals surface area contributed by atoms with Crippen LogP contribution in [0.3, 0.4) is 0 Å². The molecule has 0 radical (unpaired) electrons. The first-order chi connectivity index (χ1) is 13.7. The van der Waals surface area contributed by atoms with Gasteiger partial charge in [0.25, 0.3) is 11.4 Å². The number of nitrogens with one attached hydrogen (secondary N) is 1. The van der Waals surface area contributed by atoms with Gasteiger partial charge in [0, 0.05) is 17.7 Å². The maximum Gasteiger partial charge on any atom is 0.328 e. The molecular formula is C21H20N4O3. The fourth-order valence-electron chi connectivity index (χ4n) is 3.16. The lowest BCUT2D eigenvalue weighted by Gasteiger charge is -2.06. The number of nitrogens with zero attached hydrogens (tertiary/aromatic N) is 3. The van der Waals surface area contributed by atoms with Crippen LogP contribution >= 0.6 is 0 Å². The Hall–Kier alpha value is -3.48. The van der Waals surface area contributed by atoms with Crippen LogP contribution in [0.1, 0.15) is 26.2 Å². The highest BCUT2D eigenvalue weighted by molar-refractivity contribution is 5.82. The van der Waals surface area contributed by atoms with Crippen LogP contribution in [0.15, 0.2) is 62.6 Å². The second-order valence-electron chi connectivity index (χ2n) is 6.64. The molecule has 4 aromatic rings. The first-order valence-corrected chi connectivity index (χ1v) is 9.34. The van der Waals surface area contributed by atoms with E-state index in [1.54, 1.807) is 18.2 Å². The average Bonchev–Trinajstić information content (AvgIpc) is 3.21. The molecule has 142 valence electrons. The van der Waals surface area contributed by atoms with Crippen molar-refractivity contribution in [3.05, 3.63) is 69.4 Å². The van der Waals surface area contributed by atoms with Gasteiger partial charge in [-0.3, -0.25) is 9.36 Å². The molecule has 0 saturated heterocycles. The summed E-state index contributed by atoms with van der Waals surface area (Å²) < 4.78 is 6.63. The Morgan fingerprint density at radius 2 is 1.86 bits per heavy atom. The molecule has 0 aliphatic rings. The molecule has 2 heterocycles. The van der Waals surface area contributed by atoms with Gasteiger partial charge in [-0.05, 0) is 24.6 Å². The molecule has 4 rings (SSSR count). The zero-order valence-electron chi connectivity index (χ0n) is 15.5. The standard InChI is InChI=1S/C21H20N4O3/c1-2-3-7-12-25-20(26)16-11-10-15(13-17(16)22-21(25)27)19-23-18(24-28-19)14-8-5-4-6-9-14/h4-6,8-11,13H,2-3,7,12H2,1H3,(H,22,27). The van der Waals surface area contributed by atoms with Gasteiger partial charge in [-0.1, -0.05) is 55.3 Å². The zero-order chi connectivity index (χ0) is 19.5. The van der Waals surface area contributed by atoms with E-state index in [1.165, 1.54) is 4.57 Å². The third kappa shape index (κ3) is 3.38. The molecule has 0 atom stereocenters. The third-order valence-corrected chi connectivity index (χ3v) is 4.67. The van der Waals surface area contributed by atoms with Crippen molar-refractivity contribution in [2.75, 3.05) is 0 Å². The molecule has 0 aliphatic heterocycles. The van der Waals surface area contributed by atoms with E-state index in [2.05, 4.69) is 22.0 Å². The Kier molecular flexibility index (Phi) is 4.89. The number of benzene rings is 2. The van der Waals surface area contributed by atoms with Crippen LogP contribution in [0.4, 0.5) is 0 Å². The Morgan fingerprint density at radius 3 is 2.64 bits per heavy atom. The third-order valence-electron chi connectivity index (χ3n) is 4.67. The Morgan fingerprint density at radius 1 is 1.04 bits per heavy atom. The van der Waals surface area contributed by atoms with Gasteiger partial charge in [-0.2, -0.15) is 4.98 Å². The molecule has 7 heteroatoms. The minimum atomic E-state index is -0.402. The van der Waals surface area contributed by atoms with Crippen molar-refractivity contribution in [3.63, 3.8) is 0 Å². The SMILES string of the molecule is CCCCCn1c(=O)[nH]c2cc(-c3nc(-c4ccccc4)no3)ccc2c1=O. The first kappa shape index (κ1) is 17.9. The maximum absolute atomic E-state index is 12.7. The largest absolute Gasteiger partial charge is 0.334 e. The summed E-state index contributed by atoms with van der Waals surface area (Å²) in [4.78, 5) is 32.2. The number of fused-ring (bicyclic) bond motifs is 1. The van der Waals surface area contributed by atoms with Crippen molar-refractivity contribution in [3.8, 4) is 22.8 Å². The molecule has 1 N–H and O–H groups in total. The molecule has 7 nitrogen and oxygen atoms in total. The summed E-state index contributed by atoms with van der Waals surface area (Å²) in [5.41, 5.74) is 1.26. The van der Waals surface area contributed by atoms with Gasteiger partial charge in [0.05, 0.1) is 10.9 Å². The van der Waals surface area contributed by atoms with Crippen LogP contribution in [0.2, 0.25) is 0 Å². The molecule has 0 spiro atoms. The minimum absolute atomic E-state index is 0.281. The normalized spacial score (nSPS) is 11.2. The summed E-state index contributed by atoms with van der Waals surface area (Å²) in [5.74, 6) is 0.809. The Balaban J connectivity index is 1.71. The van der Waals surface area contributed by atoms with Gasteiger partial charge in [0.2, 0.25) is 5.82 Å². The van der Waals surface area contributed by atoms with Crippen LogP contribution in [-0.4, -0.2) is 19.7 Å². The predicted molar refractivity (Wildman–Crippen MR) is 107 cm³/mol. The van der Waals surface area contributed by atoms with Crippen LogP contribution in [0.25, 0.3) is 33.7 Å². The average molecular weight is 376 g/mol. The number of hydrogen-bond donors (Lipinski definition) is 1. The molecular weight excluding hydrogens is 356 g/mol. The highest BCUT2D eigenvalue weighted by Gasteiger charge is 2.13. The van der Waals surface area contributed by atoms with Gasteiger partial charge in [-0.25, -0.2) is 4.79 Å². The summed E-state index contributed by atoms with van der Waals surface area (Å²) in [7, 11) is 0. The summed E-state index contributed by atoms with van der Waals surface area (Å²) in [6, 6.07) is 14.6. The first-order valence-electron chi connectivity index (χ1n) is 9.34. The molecule has 0 amide bonds. The van der Waals surface area contributed by atoms with Crippen molar-refractivity contribution in [2.24, 2.45) is 0 Å². The minimum Gasteiger partial charge on any atom is -0.334 e. The number of H-pyrrole nitrogens is 1. The van der Waals surface area contributed by atoms with Crippen LogP contribution < -0.4 is 11.2 Å². The number of hydrogen-bond acceptors (Lipinski definition) is 5. The van der Waals surface area contributed by atoms with E-state index in [4.69, 9.17) is 4.52 Å². The van der Waals surface area contributed by atoms with E-state index in [1.807, 2.05) is 30.3 Å². The summed E-state index contributed by atoms with van der Waals surface area (Å²) in [6.45, 7) is 2.50. The fourth-order valence-corrected chi connectivity index (χ4v) is 3.16. The van der Waals surface area contributed by atoms with Gasteiger partial charge in [0.1, 0.15) is 0 Å². The second kappa shape index (κ2) is 7.64. The van der Waals surface area contributed by atoms with Crippen molar-refractivity contribution < 1.29 is 4.52 Å². The van der Waals surface area contributed by atoms with E-state index in [0.717, 1.165) is 24.8 Å². The van der Waals surface area contributed by atoms with Crippen LogP contribution in [-0.2, 0) is 6.54 Å². The van der Waals surface area contributed by atoms with Gasteiger partial charge >= 0.3 is 5.69 Å². The van der Waals surface area contributed by atoms with E-state index < -0.39 is 5.69 Å². The number of aromatic amines is 1. The van der Waals surface area contributed by atoms with E-state index in [0.29, 0.717) is 34.7 Å². The molecule has 2 aromatic heterocycles. The summed E-state index contributed by atoms with van der Waals surface area (Å²) >= 11 is 0. The lowest BCUT2D eigenvalue weighted by Crippen LogP contribution is -2.35.